The van der Waals surface area contributed by atoms with Crippen LogP contribution >= 0.6 is 15.9 Å². The van der Waals surface area contributed by atoms with Crippen LogP contribution in [0.2, 0.25) is 0 Å². The van der Waals surface area contributed by atoms with Crippen molar-refractivity contribution in [2.75, 3.05) is 5.73 Å². The van der Waals surface area contributed by atoms with E-state index < -0.39 is 11.6 Å². The maximum atomic E-state index is 13.9. The lowest BCUT2D eigenvalue weighted by Crippen LogP contribution is -2.04. The van der Waals surface area contributed by atoms with Gasteiger partial charge in [-0.25, -0.2) is 8.78 Å². The molecule has 1 heterocycles. The Balaban J connectivity index is 2.22. The van der Waals surface area contributed by atoms with Crippen LogP contribution in [0.25, 0.3) is 17.1 Å². The van der Waals surface area contributed by atoms with Gasteiger partial charge in [0.25, 0.3) is 0 Å². The summed E-state index contributed by atoms with van der Waals surface area (Å²) >= 11 is 3.34. The third kappa shape index (κ3) is 2.38. The minimum absolute atomic E-state index is 0.0793. The van der Waals surface area contributed by atoms with Crippen molar-refractivity contribution in [1.82, 2.24) is 20.2 Å². The van der Waals surface area contributed by atoms with Crippen LogP contribution in [-0.2, 0) is 0 Å². The van der Waals surface area contributed by atoms with Gasteiger partial charge in [0.1, 0.15) is 17.3 Å². The molecule has 0 radical (unpaired) electrons. The van der Waals surface area contributed by atoms with Crippen molar-refractivity contribution in [1.29, 1.82) is 0 Å². The molecule has 0 aliphatic carbocycles. The average molecular weight is 352 g/mol. The molecule has 0 aliphatic rings. The molecule has 3 rings (SSSR count). The molecule has 3 aromatic rings. The van der Waals surface area contributed by atoms with Crippen LogP contribution in [0, 0.1) is 11.6 Å². The van der Waals surface area contributed by atoms with Crippen LogP contribution in [0.4, 0.5) is 14.5 Å². The fourth-order valence-electron chi connectivity index (χ4n) is 1.89. The van der Waals surface area contributed by atoms with Gasteiger partial charge >= 0.3 is 0 Å². The van der Waals surface area contributed by atoms with Crippen LogP contribution < -0.4 is 5.73 Å². The van der Waals surface area contributed by atoms with E-state index in [4.69, 9.17) is 5.73 Å². The smallest absolute Gasteiger partial charge is 0.188 e. The van der Waals surface area contributed by atoms with E-state index in [9.17, 15) is 8.78 Å². The Kier molecular flexibility index (Phi) is 3.38. The molecule has 0 saturated carbocycles. The molecule has 5 nitrogen and oxygen atoms in total. The summed E-state index contributed by atoms with van der Waals surface area (Å²) in [6.45, 7) is 0. The van der Waals surface area contributed by atoms with E-state index in [1.165, 1.54) is 0 Å². The Hall–Kier alpha value is -2.35. The summed E-state index contributed by atoms with van der Waals surface area (Å²) in [6, 6.07) is 8.21. The molecule has 2 aromatic carbocycles. The Morgan fingerprint density at radius 2 is 1.95 bits per heavy atom. The van der Waals surface area contributed by atoms with Gasteiger partial charge in [-0.1, -0.05) is 6.07 Å². The predicted molar refractivity (Wildman–Crippen MR) is 76.6 cm³/mol. The number of tetrazole rings is 1. The van der Waals surface area contributed by atoms with Crippen LogP contribution in [0.3, 0.4) is 0 Å². The van der Waals surface area contributed by atoms with Crippen LogP contribution in [0.5, 0.6) is 0 Å². The number of hydrogen-bond acceptors (Lipinski definition) is 4. The van der Waals surface area contributed by atoms with E-state index in [1.54, 1.807) is 18.2 Å². The summed E-state index contributed by atoms with van der Waals surface area (Å²) in [5.74, 6) is -0.969. The summed E-state index contributed by atoms with van der Waals surface area (Å²) in [6.07, 6.45) is 0. The maximum Gasteiger partial charge on any atom is 0.188 e. The molecule has 0 bridgehead atoms. The van der Waals surface area contributed by atoms with Gasteiger partial charge in [-0.05, 0) is 50.6 Å². The van der Waals surface area contributed by atoms with Gasteiger partial charge in [0.15, 0.2) is 5.82 Å². The number of nitrogens with two attached hydrogens (primary N) is 1. The predicted octanol–water partition coefficient (Wildman–Crippen LogP) is 2.95. The number of hydrogen-bond donors (Lipinski definition) is 1. The Bertz CT molecular complexity index is 802. The highest BCUT2D eigenvalue weighted by molar-refractivity contribution is 9.10. The molecule has 0 saturated heterocycles. The number of benzene rings is 2. The van der Waals surface area contributed by atoms with Crippen LogP contribution in [0.1, 0.15) is 0 Å². The Morgan fingerprint density at radius 3 is 2.76 bits per heavy atom. The van der Waals surface area contributed by atoms with Crippen molar-refractivity contribution >= 4 is 21.6 Å². The van der Waals surface area contributed by atoms with E-state index in [0.717, 1.165) is 22.9 Å². The van der Waals surface area contributed by atoms with Gasteiger partial charge in [0, 0.05) is 17.3 Å². The molecule has 8 heteroatoms. The molecule has 106 valence electrons. The number of aromatic nitrogens is 4. The molecule has 0 atom stereocenters. The zero-order valence-electron chi connectivity index (χ0n) is 10.5. The molecular weight excluding hydrogens is 344 g/mol. The summed E-state index contributed by atoms with van der Waals surface area (Å²) in [5.41, 5.74) is 6.79. The molecule has 0 spiro atoms. The molecule has 0 fully saturated rings. The first-order valence-corrected chi connectivity index (χ1v) is 6.65. The topological polar surface area (TPSA) is 69.6 Å². The number of nitrogens with zero attached hydrogens (tertiary/aromatic N) is 4. The average Bonchev–Trinajstić information content (AvgIpc) is 2.93. The van der Waals surface area contributed by atoms with Crippen LogP contribution in [-0.4, -0.2) is 20.2 Å². The van der Waals surface area contributed by atoms with E-state index in [2.05, 4.69) is 31.5 Å². The highest BCUT2D eigenvalue weighted by Crippen LogP contribution is 2.32. The maximum absolute atomic E-state index is 13.9. The minimum atomic E-state index is -0.634. The standard InChI is InChI=1S/C13H8BrF2N5/c14-12-8(2-1-3-10(12)17)13-18-19-20-21(13)11-6-7(15)4-5-9(11)16/h1-6H,17H2. The third-order valence-corrected chi connectivity index (χ3v) is 3.76. The SMILES string of the molecule is Nc1cccc(-c2nnnn2-c2cc(F)ccc2F)c1Br. The van der Waals surface area contributed by atoms with Crippen molar-refractivity contribution in [3.05, 3.63) is 52.5 Å². The second-order valence-corrected chi connectivity index (χ2v) is 5.01. The van der Waals surface area contributed by atoms with Gasteiger partial charge in [-0.2, -0.15) is 4.68 Å². The van der Waals surface area contributed by atoms with Crippen molar-refractivity contribution in [2.45, 2.75) is 0 Å². The second-order valence-electron chi connectivity index (χ2n) is 4.22. The molecule has 21 heavy (non-hydrogen) atoms. The molecule has 0 unspecified atom stereocenters. The third-order valence-electron chi connectivity index (χ3n) is 2.88. The molecular formula is C13H8BrF2N5. The normalized spacial score (nSPS) is 10.8. The van der Waals surface area contributed by atoms with Gasteiger partial charge in [-0.3, -0.25) is 0 Å². The number of rotatable bonds is 2. The first-order valence-electron chi connectivity index (χ1n) is 5.86. The van der Waals surface area contributed by atoms with E-state index in [-0.39, 0.29) is 11.5 Å². The summed E-state index contributed by atoms with van der Waals surface area (Å²) in [7, 11) is 0. The Morgan fingerprint density at radius 1 is 1.14 bits per heavy atom. The Labute approximate surface area is 126 Å². The molecule has 1 aromatic heterocycles. The van der Waals surface area contributed by atoms with E-state index in [0.29, 0.717) is 15.7 Å². The zero-order valence-corrected chi connectivity index (χ0v) is 12.1. The summed E-state index contributed by atoms with van der Waals surface area (Å²) in [4.78, 5) is 0. The van der Waals surface area contributed by atoms with Gasteiger partial charge < -0.3 is 5.73 Å². The van der Waals surface area contributed by atoms with E-state index in [1.807, 2.05) is 0 Å². The summed E-state index contributed by atoms with van der Waals surface area (Å²) < 4.78 is 28.9. The first-order chi connectivity index (χ1) is 10.1. The lowest BCUT2D eigenvalue weighted by atomic mass is 10.2. The fourth-order valence-corrected chi connectivity index (χ4v) is 2.33. The van der Waals surface area contributed by atoms with Crippen molar-refractivity contribution < 1.29 is 8.78 Å². The fraction of sp³-hybridized carbons (Fsp3) is 0. The second kappa shape index (κ2) is 5.21. The van der Waals surface area contributed by atoms with Crippen molar-refractivity contribution in [3.8, 4) is 17.1 Å². The minimum Gasteiger partial charge on any atom is -0.398 e. The lowest BCUT2D eigenvalue weighted by Gasteiger charge is -2.08. The van der Waals surface area contributed by atoms with Gasteiger partial charge in [0.2, 0.25) is 0 Å². The van der Waals surface area contributed by atoms with Gasteiger partial charge in [-0.15, -0.1) is 5.10 Å². The summed E-state index contributed by atoms with van der Waals surface area (Å²) in [5, 5.41) is 11.1. The lowest BCUT2D eigenvalue weighted by molar-refractivity contribution is 0.584. The van der Waals surface area contributed by atoms with Crippen LogP contribution in [0.15, 0.2) is 40.9 Å². The highest BCUT2D eigenvalue weighted by atomic mass is 79.9. The van der Waals surface area contributed by atoms with E-state index >= 15 is 0 Å². The van der Waals surface area contributed by atoms with Gasteiger partial charge in [0.05, 0.1) is 4.47 Å². The molecule has 0 aliphatic heterocycles. The number of anilines is 1. The highest BCUT2D eigenvalue weighted by Gasteiger charge is 2.17. The largest absolute Gasteiger partial charge is 0.398 e. The molecule has 0 amide bonds. The monoisotopic (exact) mass is 351 g/mol. The first kappa shape index (κ1) is 13.6. The van der Waals surface area contributed by atoms with Crippen molar-refractivity contribution in [3.63, 3.8) is 0 Å². The van der Waals surface area contributed by atoms with Crippen molar-refractivity contribution in [2.24, 2.45) is 0 Å². The number of halogens is 3. The molecule has 2 N–H and O–H groups in total. The zero-order chi connectivity index (χ0) is 15.0. The quantitative estimate of drug-likeness (QED) is 0.720. The number of nitrogen functional groups attached to an aromatic ring is 1.